The van der Waals surface area contributed by atoms with E-state index in [4.69, 9.17) is 10.8 Å². The van der Waals surface area contributed by atoms with E-state index in [-0.39, 0.29) is 31.4 Å². The first-order valence-corrected chi connectivity index (χ1v) is 7.07. The van der Waals surface area contributed by atoms with E-state index >= 15 is 0 Å². The van der Waals surface area contributed by atoms with Gasteiger partial charge in [0.15, 0.2) is 0 Å². The van der Waals surface area contributed by atoms with Crippen LogP contribution in [0.2, 0.25) is 0 Å². The van der Waals surface area contributed by atoms with Gasteiger partial charge in [-0.1, -0.05) is 30.3 Å². The largest absolute Gasteiger partial charge is 0.480 e. The van der Waals surface area contributed by atoms with Gasteiger partial charge in [-0.15, -0.1) is 0 Å². The number of carbonyl (C=O) groups excluding carboxylic acids is 2. The smallest absolute Gasteiger partial charge is 0.323 e. The minimum Gasteiger partial charge on any atom is -0.480 e. The third kappa shape index (κ3) is 3.62. The molecule has 118 valence electrons. The van der Waals surface area contributed by atoms with Crippen LogP contribution in [0.1, 0.15) is 5.56 Å². The van der Waals surface area contributed by atoms with Crippen molar-refractivity contribution >= 4 is 17.8 Å². The number of nitrogens with two attached hydrogens (primary N) is 1. The zero-order valence-corrected chi connectivity index (χ0v) is 12.1. The van der Waals surface area contributed by atoms with Crippen molar-refractivity contribution in [3.8, 4) is 0 Å². The molecule has 0 bridgehead atoms. The quantitative estimate of drug-likeness (QED) is 0.749. The van der Waals surface area contributed by atoms with Crippen molar-refractivity contribution in [1.82, 2.24) is 9.80 Å². The molecule has 0 unspecified atom stereocenters. The molecule has 1 aromatic rings. The molecule has 2 amide bonds. The molecule has 1 aliphatic rings. The maximum absolute atomic E-state index is 12.5. The first kappa shape index (κ1) is 16.0. The summed E-state index contributed by atoms with van der Waals surface area (Å²) >= 11 is 0. The summed E-state index contributed by atoms with van der Waals surface area (Å²) in [5, 5.41) is 8.89. The molecule has 7 nitrogen and oxygen atoms in total. The number of rotatable bonds is 5. The van der Waals surface area contributed by atoms with Gasteiger partial charge in [-0.25, -0.2) is 0 Å². The van der Waals surface area contributed by atoms with Crippen molar-refractivity contribution in [2.24, 2.45) is 5.73 Å². The molecule has 1 atom stereocenters. The molecule has 1 aromatic carbocycles. The zero-order valence-electron chi connectivity index (χ0n) is 12.1. The summed E-state index contributed by atoms with van der Waals surface area (Å²) in [6, 6.07) is 8.61. The van der Waals surface area contributed by atoms with Crippen LogP contribution in [-0.4, -0.2) is 64.9 Å². The second-order valence-corrected chi connectivity index (χ2v) is 5.15. The van der Waals surface area contributed by atoms with E-state index < -0.39 is 12.0 Å². The molecule has 22 heavy (non-hydrogen) atoms. The van der Waals surface area contributed by atoms with Gasteiger partial charge in [0.1, 0.15) is 12.6 Å². The number of carbonyl (C=O) groups is 3. The van der Waals surface area contributed by atoms with Crippen LogP contribution in [0, 0.1) is 0 Å². The molecule has 0 saturated carbocycles. The number of aliphatic carboxylic acids is 1. The topological polar surface area (TPSA) is 104 Å². The van der Waals surface area contributed by atoms with Gasteiger partial charge in [0.25, 0.3) is 0 Å². The van der Waals surface area contributed by atoms with Crippen molar-refractivity contribution in [3.63, 3.8) is 0 Å². The first-order valence-electron chi connectivity index (χ1n) is 7.07. The van der Waals surface area contributed by atoms with Gasteiger partial charge in [-0.3, -0.25) is 14.4 Å². The van der Waals surface area contributed by atoms with Crippen LogP contribution < -0.4 is 5.73 Å². The number of hydrogen-bond acceptors (Lipinski definition) is 4. The highest BCUT2D eigenvalue weighted by molar-refractivity contribution is 5.91. The maximum atomic E-state index is 12.5. The normalized spacial score (nSPS) is 18.4. The standard InChI is InChI=1S/C15H19N3O4/c16-9-13(19)18-7-6-17(10-14(20)21)15(22)12(18)8-11-4-2-1-3-5-11/h1-5,12H,6-10,16H2,(H,20,21)/t12-/m0/s1. The Bertz CT molecular complexity index is 561. The number of amides is 2. The second kappa shape index (κ2) is 7.04. The first-order chi connectivity index (χ1) is 10.5. The minimum absolute atomic E-state index is 0.169. The van der Waals surface area contributed by atoms with Crippen molar-refractivity contribution in [3.05, 3.63) is 35.9 Å². The van der Waals surface area contributed by atoms with Gasteiger partial charge in [-0.2, -0.15) is 0 Å². The Morgan fingerprint density at radius 3 is 2.50 bits per heavy atom. The number of nitrogens with zero attached hydrogens (tertiary/aromatic N) is 2. The lowest BCUT2D eigenvalue weighted by atomic mass is 10.0. The highest BCUT2D eigenvalue weighted by Gasteiger charge is 2.37. The third-order valence-corrected chi connectivity index (χ3v) is 3.68. The van der Waals surface area contributed by atoms with E-state index in [2.05, 4.69) is 0 Å². The van der Waals surface area contributed by atoms with Gasteiger partial charge in [0.05, 0.1) is 6.54 Å². The Balaban J connectivity index is 2.21. The summed E-state index contributed by atoms with van der Waals surface area (Å²) in [4.78, 5) is 38.1. The van der Waals surface area contributed by atoms with Crippen LogP contribution in [-0.2, 0) is 20.8 Å². The molecule has 7 heteroatoms. The molecule has 0 aromatic heterocycles. The average molecular weight is 305 g/mol. The monoisotopic (exact) mass is 305 g/mol. The van der Waals surface area contributed by atoms with E-state index in [1.165, 1.54) is 9.80 Å². The lowest BCUT2D eigenvalue weighted by Gasteiger charge is -2.40. The fraction of sp³-hybridized carbons (Fsp3) is 0.400. The second-order valence-electron chi connectivity index (χ2n) is 5.15. The molecule has 3 N–H and O–H groups in total. The predicted octanol–water partition coefficient (Wildman–Crippen LogP) is -0.688. The molecule has 1 aliphatic heterocycles. The average Bonchev–Trinajstić information content (AvgIpc) is 2.51. The molecule has 1 saturated heterocycles. The van der Waals surface area contributed by atoms with Crippen molar-refractivity contribution < 1.29 is 19.5 Å². The molecular formula is C15H19N3O4. The van der Waals surface area contributed by atoms with Crippen LogP contribution in [0.25, 0.3) is 0 Å². The summed E-state index contributed by atoms with van der Waals surface area (Å²) in [5.41, 5.74) is 6.32. The van der Waals surface area contributed by atoms with Crippen molar-refractivity contribution in [2.75, 3.05) is 26.2 Å². The Morgan fingerprint density at radius 2 is 1.91 bits per heavy atom. The lowest BCUT2D eigenvalue weighted by molar-refractivity contribution is -0.154. The molecule has 1 heterocycles. The third-order valence-electron chi connectivity index (χ3n) is 3.68. The molecule has 0 spiro atoms. The minimum atomic E-state index is -1.06. The van der Waals surface area contributed by atoms with Gasteiger partial charge in [0.2, 0.25) is 11.8 Å². The molecule has 0 aliphatic carbocycles. The number of piperazine rings is 1. The number of carboxylic acids is 1. The van der Waals surface area contributed by atoms with E-state index in [0.717, 1.165) is 5.56 Å². The number of carboxylic acid groups (broad SMARTS) is 1. The van der Waals surface area contributed by atoms with Crippen molar-refractivity contribution in [2.45, 2.75) is 12.5 Å². The van der Waals surface area contributed by atoms with Gasteiger partial charge in [-0.05, 0) is 5.56 Å². The Hall–Kier alpha value is -2.41. The highest BCUT2D eigenvalue weighted by atomic mass is 16.4. The Kier molecular flexibility index (Phi) is 5.11. The van der Waals surface area contributed by atoms with Crippen LogP contribution in [0.5, 0.6) is 0 Å². The highest BCUT2D eigenvalue weighted by Crippen LogP contribution is 2.16. The lowest BCUT2D eigenvalue weighted by Crippen LogP contribution is -2.61. The molecular weight excluding hydrogens is 286 g/mol. The summed E-state index contributed by atoms with van der Waals surface area (Å²) in [6.07, 6.45) is 0.349. The zero-order chi connectivity index (χ0) is 16.1. The maximum Gasteiger partial charge on any atom is 0.323 e. The summed E-state index contributed by atoms with van der Waals surface area (Å²) < 4.78 is 0. The van der Waals surface area contributed by atoms with E-state index in [0.29, 0.717) is 13.0 Å². The van der Waals surface area contributed by atoms with Crippen LogP contribution in [0.15, 0.2) is 30.3 Å². The van der Waals surface area contributed by atoms with E-state index in [1.807, 2.05) is 30.3 Å². The van der Waals surface area contributed by atoms with Gasteiger partial charge < -0.3 is 20.6 Å². The van der Waals surface area contributed by atoms with Gasteiger partial charge >= 0.3 is 5.97 Å². The Morgan fingerprint density at radius 1 is 1.23 bits per heavy atom. The molecule has 1 fully saturated rings. The summed E-state index contributed by atoms with van der Waals surface area (Å²) in [5.74, 6) is -1.71. The molecule has 0 radical (unpaired) electrons. The SMILES string of the molecule is NCC(=O)N1CCN(CC(=O)O)C(=O)[C@@H]1Cc1ccccc1. The van der Waals surface area contributed by atoms with Crippen LogP contribution in [0.3, 0.4) is 0 Å². The fourth-order valence-electron chi connectivity index (χ4n) is 2.61. The fourth-order valence-corrected chi connectivity index (χ4v) is 2.61. The summed E-state index contributed by atoms with van der Waals surface area (Å²) in [6.45, 7) is -0.0129. The van der Waals surface area contributed by atoms with Crippen LogP contribution in [0.4, 0.5) is 0 Å². The molecule has 2 rings (SSSR count). The Labute approximate surface area is 128 Å². The number of hydrogen-bond donors (Lipinski definition) is 2. The van der Waals surface area contributed by atoms with Gasteiger partial charge in [0, 0.05) is 19.5 Å². The summed E-state index contributed by atoms with van der Waals surface area (Å²) in [7, 11) is 0. The van der Waals surface area contributed by atoms with Crippen molar-refractivity contribution in [1.29, 1.82) is 0 Å². The number of benzene rings is 1. The van der Waals surface area contributed by atoms with Crippen LogP contribution >= 0.6 is 0 Å². The van der Waals surface area contributed by atoms with E-state index in [1.54, 1.807) is 0 Å². The van der Waals surface area contributed by atoms with E-state index in [9.17, 15) is 14.4 Å². The predicted molar refractivity (Wildman–Crippen MR) is 78.9 cm³/mol.